The van der Waals surface area contributed by atoms with E-state index < -0.39 is 17.4 Å². The van der Waals surface area contributed by atoms with Gasteiger partial charge in [0.15, 0.2) is 5.72 Å². The van der Waals surface area contributed by atoms with Crippen LogP contribution in [0.4, 0.5) is 0 Å². The van der Waals surface area contributed by atoms with Crippen molar-refractivity contribution in [3.05, 3.63) is 64.1 Å². The van der Waals surface area contributed by atoms with Crippen LogP contribution >= 0.6 is 0 Å². The van der Waals surface area contributed by atoms with E-state index in [1.165, 1.54) is 5.56 Å². The molecule has 1 atom stereocenters. The van der Waals surface area contributed by atoms with Crippen molar-refractivity contribution in [3.8, 4) is 0 Å². The number of allylic oxidation sites excluding steroid dienone is 1. The van der Waals surface area contributed by atoms with Gasteiger partial charge in [0.05, 0.1) is 11.3 Å². The largest absolute Gasteiger partial charge is 0.366 e. The van der Waals surface area contributed by atoms with E-state index in [1.807, 2.05) is 42.8 Å². The van der Waals surface area contributed by atoms with Gasteiger partial charge in [0.2, 0.25) is 0 Å². The minimum Gasteiger partial charge on any atom is -0.366 e. The van der Waals surface area contributed by atoms with Gasteiger partial charge in [-0.05, 0) is 44.2 Å². The summed E-state index contributed by atoms with van der Waals surface area (Å²) in [6.45, 7) is 5.46. The van der Waals surface area contributed by atoms with Crippen LogP contribution in [-0.2, 0) is 29.8 Å². The Balaban J connectivity index is 2.20. The monoisotopic (exact) mass is 381 g/mol. The van der Waals surface area contributed by atoms with Crippen LogP contribution in [0.25, 0.3) is 6.20 Å². The van der Waals surface area contributed by atoms with Gasteiger partial charge in [0.1, 0.15) is 0 Å². The molecule has 1 aliphatic heterocycles. The molecule has 1 amide bonds. The van der Waals surface area contributed by atoms with Crippen LogP contribution < -0.4 is 11.1 Å². The highest BCUT2D eigenvalue weighted by molar-refractivity contribution is 6.43. The Kier molecular flexibility index (Phi) is 5.42. The molecule has 6 nitrogen and oxygen atoms in total. The van der Waals surface area contributed by atoms with E-state index in [4.69, 9.17) is 5.73 Å². The van der Waals surface area contributed by atoms with Crippen molar-refractivity contribution in [2.75, 3.05) is 0 Å². The maximum Gasteiger partial charge on any atom is 0.289 e. The number of aromatic nitrogens is 1. The molecule has 0 bridgehead atoms. The highest BCUT2D eigenvalue weighted by atomic mass is 16.3. The SMILES string of the molecule is CCCc1c(C(=O)C(N)=O)c2n(c1CCc1ccccc1)C=C(C)N[C@@]2(C)O. The minimum atomic E-state index is -1.48. The third-order valence-electron chi connectivity index (χ3n) is 5.09. The van der Waals surface area contributed by atoms with Crippen LogP contribution in [0.1, 0.15) is 60.1 Å². The zero-order valence-electron chi connectivity index (χ0n) is 16.6. The highest BCUT2D eigenvalue weighted by Crippen LogP contribution is 2.36. The Bertz CT molecular complexity index is 940. The molecule has 0 saturated carbocycles. The van der Waals surface area contributed by atoms with E-state index in [1.54, 1.807) is 6.92 Å². The second-order valence-corrected chi connectivity index (χ2v) is 7.46. The number of fused-ring (bicyclic) bond motifs is 1. The number of aliphatic hydroxyl groups is 1. The molecule has 0 fully saturated rings. The molecule has 0 saturated heterocycles. The first-order valence-corrected chi connectivity index (χ1v) is 9.59. The summed E-state index contributed by atoms with van der Waals surface area (Å²) in [5.41, 5.74) is 8.17. The molecule has 0 spiro atoms. The number of hydrogen-bond donors (Lipinski definition) is 3. The van der Waals surface area contributed by atoms with Crippen molar-refractivity contribution >= 4 is 17.9 Å². The number of amides is 1. The molecule has 1 aromatic heterocycles. The first-order valence-electron chi connectivity index (χ1n) is 9.59. The van der Waals surface area contributed by atoms with E-state index in [9.17, 15) is 14.7 Å². The number of hydrogen-bond acceptors (Lipinski definition) is 4. The molecular weight excluding hydrogens is 354 g/mol. The number of benzene rings is 1. The van der Waals surface area contributed by atoms with Crippen molar-refractivity contribution in [1.82, 2.24) is 9.88 Å². The quantitative estimate of drug-likeness (QED) is 0.507. The number of Topliss-reactive ketones (excluding diaryl/α,β-unsaturated/α-hetero) is 1. The molecule has 3 rings (SSSR count). The van der Waals surface area contributed by atoms with Gasteiger partial charge in [-0.1, -0.05) is 43.7 Å². The van der Waals surface area contributed by atoms with E-state index in [0.29, 0.717) is 18.5 Å². The topological polar surface area (TPSA) is 97.4 Å². The van der Waals surface area contributed by atoms with E-state index in [0.717, 1.165) is 29.8 Å². The molecule has 2 aromatic rings. The number of rotatable bonds is 7. The Morgan fingerprint density at radius 3 is 2.46 bits per heavy atom. The molecule has 1 aliphatic rings. The first-order chi connectivity index (χ1) is 13.3. The first kappa shape index (κ1) is 19.9. The van der Waals surface area contributed by atoms with Gasteiger partial charge in [0, 0.05) is 17.6 Å². The zero-order valence-corrected chi connectivity index (χ0v) is 16.6. The van der Waals surface area contributed by atoms with Crippen LogP contribution in [0.15, 0.2) is 36.0 Å². The molecule has 4 N–H and O–H groups in total. The normalized spacial score (nSPS) is 18.2. The highest BCUT2D eigenvalue weighted by Gasteiger charge is 2.39. The van der Waals surface area contributed by atoms with Crippen LogP contribution in [0, 0.1) is 0 Å². The molecule has 0 unspecified atom stereocenters. The fraction of sp³-hybridized carbons (Fsp3) is 0.364. The summed E-state index contributed by atoms with van der Waals surface area (Å²) in [5.74, 6) is -1.77. The predicted octanol–water partition coefficient (Wildman–Crippen LogP) is 2.48. The molecule has 0 radical (unpaired) electrons. The lowest BCUT2D eigenvalue weighted by molar-refractivity contribution is -0.114. The van der Waals surface area contributed by atoms with E-state index >= 15 is 0 Å². The van der Waals surface area contributed by atoms with Gasteiger partial charge in [0.25, 0.3) is 11.7 Å². The second-order valence-electron chi connectivity index (χ2n) is 7.46. The fourth-order valence-electron chi connectivity index (χ4n) is 4.04. The zero-order chi connectivity index (χ0) is 20.5. The van der Waals surface area contributed by atoms with Gasteiger partial charge in [-0.25, -0.2) is 0 Å². The Hall–Kier alpha value is -2.86. The van der Waals surface area contributed by atoms with Crippen LogP contribution in [0.3, 0.4) is 0 Å². The summed E-state index contributed by atoms with van der Waals surface area (Å²) in [6.07, 6.45) is 4.76. The number of nitrogens with one attached hydrogen (secondary N) is 1. The van der Waals surface area contributed by atoms with Gasteiger partial charge in [-0.2, -0.15) is 0 Å². The lowest BCUT2D eigenvalue weighted by atomic mass is 9.94. The summed E-state index contributed by atoms with van der Waals surface area (Å²) in [5, 5.41) is 14.0. The molecule has 28 heavy (non-hydrogen) atoms. The second kappa shape index (κ2) is 7.64. The summed E-state index contributed by atoms with van der Waals surface area (Å²) in [6, 6.07) is 10.1. The average Bonchev–Trinajstić information content (AvgIpc) is 2.93. The van der Waals surface area contributed by atoms with Crippen molar-refractivity contribution < 1.29 is 14.7 Å². The van der Waals surface area contributed by atoms with Gasteiger partial charge >= 0.3 is 0 Å². The van der Waals surface area contributed by atoms with E-state index in [-0.39, 0.29) is 5.56 Å². The van der Waals surface area contributed by atoms with Crippen LogP contribution in [0.2, 0.25) is 0 Å². The maximum absolute atomic E-state index is 12.7. The summed E-state index contributed by atoms with van der Waals surface area (Å²) in [4.78, 5) is 24.5. The number of nitrogens with two attached hydrogens (primary N) is 1. The Labute approximate surface area is 165 Å². The summed E-state index contributed by atoms with van der Waals surface area (Å²) in [7, 11) is 0. The lowest BCUT2D eigenvalue weighted by Gasteiger charge is -2.32. The van der Waals surface area contributed by atoms with Gasteiger partial charge in [-0.3, -0.25) is 9.59 Å². The third-order valence-corrected chi connectivity index (χ3v) is 5.09. The number of ketones is 1. The smallest absolute Gasteiger partial charge is 0.289 e. The Morgan fingerprint density at radius 1 is 1.18 bits per heavy atom. The standard InChI is InChI=1S/C22H27N3O3/c1-4-8-16-17(12-11-15-9-6-5-7-10-15)25-13-14(2)24-22(3,28)20(25)18(16)19(26)21(23)27/h5-7,9-10,13,24,28H,4,8,11-12H2,1-3H3,(H2,23,27)/t22-/m0/s1. The van der Waals surface area contributed by atoms with Crippen LogP contribution in [-0.4, -0.2) is 21.4 Å². The van der Waals surface area contributed by atoms with Crippen LogP contribution in [0.5, 0.6) is 0 Å². The van der Waals surface area contributed by atoms with Gasteiger partial charge < -0.3 is 20.7 Å². The predicted molar refractivity (Wildman–Crippen MR) is 108 cm³/mol. The molecule has 1 aromatic carbocycles. The average molecular weight is 381 g/mol. The van der Waals surface area contributed by atoms with Gasteiger partial charge in [-0.15, -0.1) is 0 Å². The summed E-state index contributed by atoms with van der Waals surface area (Å²) < 4.78 is 1.87. The van der Waals surface area contributed by atoms with E-state index in [2.05, 4.69) is 17.4 Å². The number of aryl methyl sites for hydroxylation is 1. The number of primary amides is 1. The molecule has 6 heteroatoms. The molecule has 2 heterocycles. The lowest BCUT2D eigenvalue weighted by Crippen LogP contribution is -2.44. The van der Waals surface area contributed by atoms with Crippen molar-refractivity contribution in [2.45, 2.75) is 52.2 Å². The van der Waals surface area contributed by atoms with Crippen molar-refractivity contribution in [3.63, 3.8) is 0 Å². The fourth-order valence-corrected chi connectivity index (χ4v) is 4.04. The van der Waals surface area contributed by atoms with Crippen molar-refractivity contribution in [2.24, 2.45) is 5.73 Å². The number of nitrogens with zero attached hydrogens (tertiary/aromatic N) is 1. The number of carbonyl (C=O) groups is 2. The minimum absolute atomic E-state index is 0.235. The van der Waals surface area contributed by atoms with Crippen molar-refractivity contribution in [1.29, 1.82) is 0 Å². The molecular formula is C22H27N3O3. The molecule has 148 valence electrons. The number of carbonyl (C=O) groups excluding carboxylic acids is 2. The summed E-state index contributed by atoms with van der Waals surface area (Å²) >= 11 is 0. The molecule has 0 aliphatic carbocycles. The maximum atomic E-state index is 12.7. The Morgan fingerprint density at radius 2 is 1.86 bits per heavy atom. The third kappa shape index (κ3) is 3.60.